The van der Waals surface area contributed by atoms with Crippen LogP contribution in [0.1, 0.15) is 134 Å². The normalized spacial score (nSPS) is 11.2. The maximum absolute atomic E-state index is 10.8. The van der Waals surface area contributed by atoms with E-state index in [9.17, 15) is 5.11 Å². The predicted octanol–water partition coefficient (Wildman–Crippen LogP) is 8.93. The lowest BCUT2D eigenvalue weighted by Gasteiger charge is -2.14. The summed E-state index contributed by atoms with van der Waals surface area (Å²) < 4.78 is 0. The average molecular weight is 389 g/mol. The highest BCUT2D eigenvalue weighted by molar-refractivity contribution is 5.44. The van der Waals surface area contributed by atoms with Crippen molar-refractivity contribution in [2.24, 2.45) is 0 Å². The maximum atomic E-state index is 10.8. The van der Waals surface area contributed by atoms with Crippen LogP contribution in [0.5, 0.6) is 5.75 Å². The summed E-state index contributed by atoms with van der Waals surface area (Å²) in [5, 5.41) is 10.8. The van der Waals surface area contributed by atoms with Crippen LogP contribution in [-0.2, 0) is 19.3 Å². The van der Waals surface area contributed by atoms with Crippen LogP contribution in [0.25, 0.3) is 0 Å². The van der Waals surface area contributed by atoms with Gasteiger partial charge in [-0.1, -0.05) is 110 Å². The Balaban J connectivity index is 2.61. The molecule has 0 aliphatic carbocycles. The minimum atomic E-state index is 0.608. The second-order valence-electron chi connectivity index (χ2n) is 8.76. The van der Waals surface area contributed by atoms with Crippen molar-refractivity contribution in [1.82, 2.24) is 0 Å². The molecule has 0 aliphatic heterocycles. The van der Waals surface area contributed by atoms with Crippen LogP contribution in [0.3, 0.4) is 0 Å². The van der Waals surface area contributed by atoms with Gasteiger partial charge in [-0.25, -0.2) is 0 Å². The molecule has 0 spiro atoms. The molecule has 1 rings (SSSR count). The summed E-state index contributed by atoms with van der Waals surface area (Å²) >= 11 is 0. The summed E-state index contributed by atoms with van der Waals surface area (Å²) in [6, 6.07) is 4.63. The van der Waals surface area contributed by atoms with Gasteiger partial charge in [-0.05, 0) is 55.2 Å². The average Bonchev–Trinajstić information content (AvgIpc) is 2.70. The predicted molar refractivity (Wildman–Crippen MR) is 125 cm³/mol. The number of aromatic hydroxyl groups is 1. The van der Waals surface area contributed by atoms with Crippen molar-refractivity contribution in [2.45, 2.75) is 136 Å². The Hall–Kier alpha value is -0.980. The minimum absolute atomic E-state index is 0.608. The van der Waals surface area contributed by atoms with Gasteiger partial charge in [0.2, 0.25) is 0 Å². The number of unbranched alkanes of at least 4 members (excludes halogenated alkanes) is 12. The Morgan fingerprint density at radius 2 is 0.857 bits per heavy atom. The summed E-state index contributed by atoms with van der Waals surface area (Å²) in [7, 11) is 0. The first-order valence-electron chi connectivity index (χ1n) is 12.6. The van der Waals surface area contributed by atoms with Crippen LogP contribution in [-0.4, -0.2) is 5.11 Å². The van der Waals surface area contributed by atoms with E-state index >= 15 is 0 Å². The topological polar surface area (TPSA) is 20.2 Å². The van der Waals surface area contributed by atoms with Gasteiger partial charge in [0.15, 0.2) is 0 Å². The van der Waals surface area contributed by atoms with E-state index < -0.39 is 0 Å². The molecule has 1 aromatic carbocycles. The van der Waals surface area contributed by atoms with E-state index in [1.165, 1.54) is 119 Å². The molecule has 0 aromatic heterocycles. The number of hydrogen-bond acceptors (Lipinski definition) is 1. The van der Waals surface area contributed by atoms with Gasteiger partial charge in [-0.2, -0.15) is 0 Å². The summed E-state index contributed by atoms with van der Waals surface area (Å²) in [5.74, 6) is 0.608. The lowest BCUT2D eigenvalue weighted by Crippen LogP contribution is -1.97. The fraction of sp³-hybridized carbons (Fsp3) is 0.778. The maximum Gasteiger partial charge on any atom is 0.121 e. The molecule has 0 fully saturated rings. The van der Waals surface area contributed by atoms with E-state index in [0.29, 0.717) is 5.75 Å². The molecule has 0 saturated heterocycles. The van der Waals surface area contributed by atoms with Gasteiger partial charge in [-0.3, -0.25) is 0 Å². The lowest BCUT2D eigenvalue weighted by molar-refractivity contribution is 0.457. The second kappa shape index (κ2) is 16.9. The van der Waals surface area contributed by atoms with Gasteiger partial charge in [0.25, 0.3) is 0 Å². The molecule has 0 aliphatic rings. The zero-order valence-corrected chi connectivity index (χ0v) is 19.3. The molecule has 0 unspecified atom stereocenters. The third-order valence-electron chi connectivity index (χ3n) is 6.00. The zero-order valence-electron chi connectivity index (χ0n) is 19.3. The van der Waals surface area contributed by atoms with Crippen molar-refractivity contribution in [3.8, 4) is 5.75 Å². The molecule has 0 atom stereocenters. The van der Waals surface area contributed by atoms with E-state index in [1.54, 1.807) is 0 Å². The zero-order chi connectivity index (χ0) is 20.5. The summed E-state index contributed by atoms with van der Waals surface area (Å²) in [4.78, 5) is 0. The number of phenolic OH excluding ortho intramolecular Hbond substituents is 1. The molecule has 0 amide bonds. The lowest BCUT2D eigenvalue weighted by atomic mass is 9.94. The highest BCUT2D eigenvalue weighted by Gasteiger charge is 2.10. The third kappa shape index (κ3) is 11.1. The molecule has 0 heterocycles. The fourth-order valence-corrected chi connectivity index (χ4v) is 4.13. The number of benzene rings is 1. The van der Waals surface area contributed by atoms with Gasteiger partial charge in [-0.15, -0.1) is 0 Å². The van der Waals surface area contributed by atoms with Crippen molar-refractivity contribution in [3.05, 3.63) is 28.8 Å². The van der Waals surface area contributed by atoms with Gasteiger partial charge < -0.3 is 5.11 Å². The van der Waals surface area contributed by atoms with Crippen LogP contribution < -0.4 is 0 Å². The molecule has 0 bridgehead atoms. The quantitative estimate of drug-likeness (QED) is 0.249. The first-order valence-corrected chi connectivity index (χ1v) is 12.6. The highest BCUT2D eigenvalue weighted by Crippen LogP contribution is 2.29. The summed E-state index contributed by atoms with van der Waals surface area (Å²) in [6.07, 6.45) is 22.9. The number of aryl methyl sites for hydroxylation is 3. The van der Waals surface area contributed by atoms with Crippen LogP contribution in [0.4, 0.5) is 0 Å². The van der Waals surface area contributed by atoms with Crippen LogP contribution in [0, 0.1) is 0 Å². The smallest absolute Gasteiger partial charge is 0.121 e. The number of rotatable bonds is 18. The molecule has 1 heteroatoms. The van der Waals surface area contributed by atoms with E-state index in [2.05, 4.69) is 32.9 Å². The molecule has 28 heavy (non-hydrogen) atoms. The van der Waals surface area contributed by atoms with Gasteiger partial charge in [0.05, 0.1) is 0 Å². The third-order valence-corrected chi connectivity index (χ3v) is 6.00. The van der Waals surface area contributed by atoms with Gasteiger partial charge >= 0.3 is 0 Å². The molecule has 1 aromatic rings. The Labute approximate surface area is 176 Å². The van der Waals surface area contributed by atoms with E-state index in [1.807, 2.05) is 0 Å². The van der Waals surface area contributed by atoms with Crippen LogP contribution in [0.15, 0.2) is 12.1 Å². The first kappa shape index (κ1) is 25.1. The standard InChI is InChI=1S/C27H48O/c1-4-7-10-13-14-15-16-19-24-22-25(20-17-11-8-5-2)27(28)26(23-24)21-18-12-9-6-3/h22-23,28H,4-21H2,1-3H3. The molecule has 0 saturated carbocycles. The molecule has 0 radical (unpaired) electrons. The second-order valence-corrected chi connectivity index (χ2v) is 8.76. The highest BCUT2D eigenvalue weighted by atomic mass is 16.3. The Morgan fingerprint density at radius 3 is 1.32 bits per heavy atom. The Morgan fingerprint density at radius 1 is 0.500 bits per heavy atom. The number of hydrogen-bond donors (Lipinski definition) is 1. The van der Waals surface area contributed by atoms with Crippen molar-refractivity contribution in [2.75, 3.05) is 0 Å². The molecular weight excluding hydrogens is 340 g/mol. The van der Waals surface area contributed by atoms with Crippen LogP contribution in [0.2, 0.25) is 0 Å². The molecule has 1 N–H and O–H groups in total. The van der Waals surface area contributed by atoms with Crippen LogP contribution >= 0.6 is 0 Å². The summed E-state index contributed by atoms with van der Waals surface area (Å²) in [6.45, 7) is 6.80. The molecular formula is C27H48O. The largest absolute Gasteiger partial charge is 0.507 e. The van der Waals surface area contributed by atoms with Gasteiger partial charge in [0.1, 0.15) is 5.75 Å². The van der Waals surface area contributed by atoms with E-state index in [0.717, 1.165) is 12.8 Å². The Bertz CT molecular complexity index is 458. The number of phenols is 1. The molecule has 162 valence electrons. The van der Waals surface area contributed by atoms with Gasteiger partial charge in [0, 0.05) is 0 Å². The molecule has 1 nitrogen and oxygen atoms in total. The fourth-order valence-electron chi connectivity index (χ4n) is 4.13. The van der Waals surface area contributed by atoms with Crippen molar-refractivity contribution in [1.29, 1.82) is 0 Å². The minimum Gasteiger partial charge on any atom is -0.507 e. The monoisotopic (exact) mass is 388 g/mol. The first-order chi connectivity index (χ1) is 13.7. The van der Waals surface area contributed by atoms with E-state index in [-0.39, 0.29) is 0 Å². The summed E-state index contributed by atoms with van der Waals surface area (Å²) in [5.41, 5.74) is 3.88. The van der Waals surface area contributed by atoms with E-state index in [4.69, 9.17) is 0 Å². The van der Waals surface area contributed by atoms with Crippen molar-refractivity contribution < 1.29 is 5.11 Å². The van der Waals surface area contributed by atoms with Crippen molar-refractivity contribution >= 4 is 0 Å². The van der Waals surface area contributed by atoms with Crippen molar-refractivity contribution in [3.63, 3.8) is 0 Å². The SMILES string of the molecule is CCCCCCCCCc1cc(CCCCCC)c(O)c(CCCCCC)c1. The Kier molecular flexibility index (Phi) is 15.1.